The Balaban J connectivity index is 2.08. The number of anilines is 1. The third-order valence-corrected chi connectivity index (χ3v) is 4.01. The van der Waals surface area contributed by atoms with Crippen LogP contribution < -0.4 is 5.32 Å². The van der Waals surface area contributed by atoms with E-state index in [1.807, 2.05) is 0 Å². The highest BCUT2D eigenvalue weighted by Crippen LogP contribution is 2.34. The Hall–Kier alpha value is -1.73. The summed E-state index contributed by atoms with van der Waals surface area (Å²) in [4.78, 5) is 11.7. The molecule has 0 aliphatic carbocycles. The minimum Gasteiger partial charge on any atom is -0.477 e. The predicted molar refractivity (Wildman–Crippen MR) is 75.1 cm³/mol. The van der Waals surface area contributed by atoms with E-state index in [9.17, 15) is 18.0 Å². The van der Waals surface area contributed by atoms with Gasteiger partial charge in [-0.3, -0.25) is 0 Å². The molecule has 2 N–H and O–H groups in total. The maximum atomic E-state index is 12.5. The molecule has 0 radical (unpaired) electrons. The van der Waals surface area contributed by atoms with Gasteiger partial charge in [0.25, 0.3) is 0 Å². The summed E-state index contributed by atoms with van der Waals surface area (Å²) in [6, 6.07) is 6.14. The van der Waals surface area contributed by atoms with Crippen molar-refractivity contribution >= 4 is 34.6 Å². The first-order valence-electron chi connectivity index (χ1n) is 5.70. The summed E-state index contributed by atoms with van der Waals surface area (Å²) in [6.07, 6.45) is -4.44. The molecule has 0 fully saturated rings. The normalized spacial score (nSPS) is 11.4. The van der Waals surface area contributed by atoms with E-state index in [4.69, 9.17) is 16.7 Å². The third kappa shape index (κ3) is 3.89. The summed E-state index contributed by atoms with van der Waals surface area (Å²) in [7, 11) is 0. The number of hydrogen-bond donors (Lipinski definition) is 2. The molecule has 0 saturated heterocycles. The van der Waals surface area contributed by atoms with Crippen LogP contribution in [0.15, 0.2) is 30.3 Å². The van der Waals surface area contributed by atoms with Crippen LogP contribution in [0.3, 0.4) is 0 Å². The summed E-state index contributed by atoms with van der Waals surface area (Å²) in [6.45, 7) is 0.281. The van der Waals surface area contributed by atoms with Crippen LogP contribution in [0.2, 0.25) is 5.02 Å². The zero-order chi connectivity index (χ0) is 15.6. The largest absolute Gasteiger partial charge is 0.477 e. The van der Waals surface area contributed by atoms with Crippen molar-refractivity contribution in [2.24, 2.45) is 0 Å². The van der Waals surface area contributed by atoms with Gasteiger partial charge in [0.1, 0.15) is 4.88 Å². The summed E-state index contributed by atoms with van der Waals surface area (Å²) >= 11 is 6.89. The second-order valence-electron chi connectivity index (χ2n) is 4.12. The number of hydrogen-bond acceptors (Lipinski definition) is 3. The van der Waals surface area contributed by atoms with E-state index >= 15 is 0 Å². The van der Waals surface area contributed by atoms with E-state index in [1.54, 1.807) is 6.07 Å². The molecule has 21 heavy (non-hydrogen) atoms. The summed E-state index contributed by atoms with van der Waals surface area (Å²) in [5, 5.41) is 11.6. The molecule has 3 nitrogen and oxygen atoms in total. The molecular weight excluding hydrogens is 327 g/mol. The van der Waals surface area contributed by atoms with Crippen LogP contribution >= 0.6 is 22.9 Å². The molecule has 8 heteroatoms. The van der Waals surface area contributed by atoms with Crippen LogP contribution in [0.25, 0.3) is 0 Å². The Labute approximate surface area is 127 Å². The highest BCUT2D eigenvalue weighted by atomic mass is 35.5. The number of carboxylic acids is 1. The van der Waals surface area contributed by atoms with Crippen LogP contribution in [0.1, 0.15) is 20.1 Å². The lowest BCUT2D eigenvalue weighted by atomic mass is 10.2. The molecule has 0 saturated carbocycles. The first-order chi connectivity index (χ1) is 9.77. The second-order valence-corrected chi connectivity index (χ2v) is 5.69. The molecule has 0 aliphatic heterocycles. The van der Waals surface area contributed by atoms with E-state index in [1.165, 1.54) is 12.1 Å². The predicted octanol–water partition coefficient (Wildman–Crippen LogP) is 4.73. The number of alkyl halides is 3. The van der Waals surface area contributed by atoms with Crippen molar-refractivity contribution in [3.05, 3.63) is 50.7 Å². The maximum absolute atomic E-state index is 12.5. The molecule has 112 valence electrons. The van der Waals surface area contributed by atoms with E-state index in [2.05, 4.69) is 5.32 Å². The van der Waals surface area contributed by atoms with Crippen LogP contribution in [-0.4, -0.2) is 11.1 Å². The highest BCUT2D eigenvalue weighted by molar-refractivity contribution is 7.13. The fourth-order valence-corrected chi connectivity index (χ4v) is 2.64. The zero-order valence-electron chi connectivity index (χ0n) is 10.4. The molecule has 2 aromatic rings. The van der Waals surface area contributed by atoms with Gasteiger partial charge in [-0.25, -0.2) is 4.79 Å². The maximum Gasteiger partial charge on any atom is 0.416 e. The number of carboxylic acid groups (broad SMARTS) is 1. The molecule has 0 atom stereocenters. The van der Waals surface area contributed by atoms with Crippen molar-refractivity contribution in [3.63, 3.8) is 0 Å². The van der Waals surface area contributed by atoms with Crippen molar-refractivity contribution in [2.75, 3.05) is 5.32 Å². The van der Waals surface area contributed by atoms with Gasteiger partial charge in [0.2, 0.25) is 0 Å². The average Bonchev–Trinajstić information content (AvgIpc) is 2.85. The van der Waals surface area contributed by atoms with Gasteiger partial charge in [0.05, 0.1) is 16.3 Å². The van der Waals surface area contributed by atoms with Gasteiger partial charge in [0, 0.05) is 11.4 Å². The number of thiophene rings is 1. The Kier molecular flexibility index (Phi) is 4.43. The lowest BCUT2D eigenvalue weighted by Gasteiger charge is -2.11. The van der Waals surface area contributed by atoms with Gasteiger partial charge in [0.15, 0.2) is 0 Å². The van der Waals surface area contributed by atoms with Crippen molar-refractivity contribution in [2.45, 2.75) is 12.7 Å². The lowest BCUT2D eigenvalue weighted by molar-refractivity contribution is -0.137. The summed E-state index contributed by atoms with van der Waals surface area (Å²) in [5.74, 6) is -1.01. The van der Waals surface area contributed by atoms with E-state index < -0.39 is 17.7 Å². The second kappa shape index (κ2) is 5.95. The number of carbonyl (C=O) groups is 1. The average molecular weight is 336 g/mol. The van der Waals surface area contributed by atoms with Crippen LogP contribution in [0, 0.1) is 0 Å². The minimum atomic E-state index is -4.44. The number of rotatable bonds is 4. The number of benzene rings is 1. The van der Waals surface area contributed by atoms with Gasteiger partial charge in [-0.15, -0.1) is 11.3 Å². The lowest BCUT2D eigenvalue weighted by Crippen LogP contribution is -2.05. The summed E-state index contributed by atoms with van der Waals surface area (Å²) < 4.78 is 37.5. The minimum absolute atomic E-state index is 0.0418. The topological polar surface area (TPSA) is 49.3 Å². The van der Waals surface area contributed by atoms with E-state index in [0.717, 1.165) is 28.3 Å². The summed E-state index contributed by atoms with van der Waals surface area (Å²) in [5.41, 5.74) is -0.461. The van der Waals surface area contributed by atoms with Crippen LogP contribution in [0.5, 0.6) is 0 Å². The number of aromatic carboxylic acids is 1. The zero-order valence-corrected chi connectivity index (χ0v) is 11.9. The fraction of sp³-hybridized carbons (Fsp3) is 0.154. The molecule has 0 amide bonds. The standard InChI is InChI=1S/C13H9ClF3NO2S/c14-9-5-7(13(15,16)17)1-3-10(9)18-6-8-2-4-11(21-8)12(19)20/h1-5,18H,6H2,(H,19,20). The molecule has 1 heterocycles. The number of nitrogens with one attached hydrogen (secondary N) is 1. The van der Waals surface area contributed by atoms with E-state index in [0.29, 0.717) is 5.69 Å². The van der Waals surface area contributed by atoms with Gasteiger partial charge in [-0.1, -0.05) is 11.6 Å². The van der Waals surface area contributed by atoms with Crippen LogP contribution in [-0.2, 0) is 12.7 Å². The Bertz CT molecular complexity index is 670. The molecule has 0 aliphatic rings. The van der Waals surface area contributed by atoms with Crippen LogP contribution in [0.4, 0.5) is 18.9 Å². The van der Waals surface area contributed by atoms with Crippen molar-refractivity contribution in [1.29, 1.82) is 0 Å². The Morgan fingerprint density at radius 2 is 2.00 bits per heavy atom. The van der Waals surface area contributed by atoms with Gasteiger partial charge in [-0.05, 0) is 30.3 Å². The third-order valence-electron chi connectivity index (χ3n) is 2.62. The first kappa shape index (κ1) is 15.7. The highest BCUT2D eigenvalue weighted by Gasteiger charge is 2.30. The SMILES string of the molecule is O=C(O)c1ccc(CNc2ccc(C(F)(F)F)cc2Cl)s1. The van der Waals surface area contributed by atoms with Crippen molar-refractivity contribution < 1.29 is 23.1 Å². The molecule has 1 aromatic carbocycles. The molecule has 0 unspecified atom stereocenters. The quantitative estimate of drug-likeness (QED) is 0.849. The van der Waals surface area contributed by atoms with Gasteiger partial charge >= 0.3 is 12.1 Å². The molecule has 2 rings (SSSR count). The molecular formula is C13H9ClF3NO2S. The molecule has 1 aromatic heterocycles. The fourth-order valence-electron chi connectivity index (χ4n) is 1.61. The number of halogens is 4. The van der Waals surface area contributed by atoms with E-state index in [-0.39, 0.29) is 16.4 Å². The monoisotopic (exact) mass is 335 g/mol. The molecule has 0 spiro atoms. The van der Waals surface area contributed by atoms with Gasteiger partial charge in [-0.2, -0.15) is 13.2 Å². The Morgan fingerprint density at radius 1 is 1.29 bits per heavy atom. The van der Waals surface area contributed by atoms with Crippen molar-refractivity contribution in [3.8, 4) is 0 Å². The smallest absolute Gasteiger partial charge is 0.416 e. The first-order valence-corrected chi connectivity index (χ1v) is 6.89. The molecule has 0 bridgehead atoms. The Morgan fingerprint density at radius 3 is 2.52 bits per heavy atom. The van der Waals surface area contributed by atoms with Crippen molar-refractivity contribution in [1.82, 2.24) is 0 Å². The van der Waals surface area contributed by atoms with Gasteiger partial charge < -0.3 is 10.4 Å².